The van der Waals surface area contributed by atoms with Crippen LogP contribution in [0.2, 0.25) is 5.02 Å². The van der Waals surface area contributed by atoms with E-state index in [-0.39, 0.29) is 5.91 Å². The summed E-state index contributed by atoms with van der Waals surface area (Å²) in [5.41, 5.74) is 3.70. The van der Waals surface area contributed by atoms with Gasteiger partial charge in [0.25, 0.3) is 5.91 Å². The smallest absolute Gasteiger partial charge is 0.253 e. The number of carbonyl (C=O) groups is 1. The number of hydrogen-bond acceptors (Lipinski definition) is 7. The Morgan fingerprint density at radius 3 is 2.29 bits per heavy atom. The molecule has 3 aliphatic rings. The summed E-state index contributed by atoms with van der Waals surface area (Å²) in [6, 6.07) is 19.0. The Hall–Kier alpha value is -3.66. The number of aliphatic hydroxyl groups is 1. The summed E-state index contributed by atoms with van der Waals surface area (Å²) in [7, 11) is 0. The van der Waals surface area contributed by atoms with Gasteiger partial charge in [0.2, 0.25) is 5.95 Å². The fourth-order valence-corrected chi connectivity index (χ4v) is 6.51. The van der Waals surface area contributed by atoms with Gasteiger partial charge in [-0.15, -0.1) is 5.10 Å². The molecule has 2 aromatic carbocycles. The summed E-state index contributed by atoms with van der Waals surface area (Å²) >= 11 is 6.04. The van der Waals surface area contributed by atoms with E-state index in [0.717, 1.165) is 61.6 Å². The van der Waals surface area contributed by atoms with Crippen molar-refractivity contribution in [3.63, 3.8) is 0 Å². The average molecular weight is 572 g/mol. The molecule has 4 aromatic rings. The number of rotatable bonds is 5. The van der Waals surface area contributed by atoms with Gasteiger partial charge in [0, 0.05) is 61.7 Å². The number of halogens is 1. The third kappa shape index (κ3) is 5.03. The Morgan fingerprint density at radius 1 is 0.927 bits per heavy atom. The Morgan fingerprint density at radius 2 is 1.63 bits per heavy atom. The zero-order valence-electron chi connectivity index (χ0n) is 22.9. The number of likely N-dealkylation sites (tertiary alicyclic amines) is 1. The van der Waals surface area contributed by atoms with Crippen molar-refractivity contribution in [2.75, 3.05) is 49.5 Å². The van der Waals surface area contributed by atoms with Crippen LogP contribution in [0, 0.1) is 5.41 Å². The van der Waals surface area contributed by atoms with Crippen LogP contribution in [0.15, 0.2) is 66.9 Å². The van der Waals surface area contributed by atoms with Crippen molar-refractivity contribution in [1.29, 1.82) is 0 Å². The van der Waals surface area contributed by atoms with Gasteiger partial charge < -0.3 is 25.5 Å². The molecule has 3 fully saturated rings. The second-order valence-corrected chi connectivity index (χ2v) is 12.2. The summed E-state index contributed by atoms with van der Waals surface area (Å²) in [4.78, 5) is 22.1. The molecule has 41 heavy (non-hydrogen) atoms. The molecule has 3 saturated heterocycles. The molecule has 0 unspecified atom stereocenters. The normalized spacial score (nSPS) is 19.8. The van der Waals surface area contributed by atoms with Crippen LogP contribution in [0.5, 0.6) is 0 Å². The molecule has 7 rings (SSSR count). The Labute approximate surface area is 244 Å². The number of anilines is 3. The topological polar surface area (TPSA) is 98.0 Å². The van der Waals surface area contributed by atoms with E-state index in [1.807, 2.05) is 71.8 Å². The number of nitrogens with one attached hydrogen (secondary N) is 2. The van der Waals surface area contributed by atoms with Crippen molar-refractivity contribution < 1.29 is 9.90 Å². The Balaban J connectivity index is 1.01. The summed E-state index contributed by atoms with van der Waals surface area (Å²) in [6.45, 7) is 5.20. The van der Waals surface area contributed by atoms with Crippen LogP contribution in [0.25, 0.3) is 5.65 Å². The molecular formula is C31H34ClN7O2. The van der Waals surface area contributed by atoms with E-state index in [2.05, 4.69) is 20.6 Å². The average Bonchev–Trinajstić information content (AvgIpc) is 3.40. The third-order valence-corrected chi connectivity index (χ3v) is 9.41. The largest absolute Gasteiger partial charge is 0.385 e. The minimum Gasteiger partial charge on any atom is -0.385 e. The van der Waals surface area contributed by atoms with Gasteiger partial charge in [0.1, 0.15) is 0 Å². The lowest BCUT2D eigenvalue weighted by atomic mass is 9.73. The molecule has 0 aliphatic carbocycles. The molecule has 10 heteroatoms. The highest BCUT2D eigenvalue weighted by Gasteiger charge is 2.40. The van der Waals surface area contributed by atoms with Crippen LogP contribution >= 0.6 is 11.6 Å². The second kappa shape index (κ2) is 10.3. The van der Waals surface area contributed by atoms with E-state index >= 15 is 0 Å². The summed E-state index contributed by atoms with van der Waals surface area (Å²) in [5, 5.41) is 23.3. The molecule has 3 N–H and O–H groups in total. The Bertz CT molecular complexity index is 1550. The van der Waals surface area contributed by atoms with Crippen molar-refractivity contribution in [3.05, 3.63) is 83.0 Å². The summed E-state index contributed by atoms with van der Waals surface area (Å²) in [6.07, 6.45) is 5.25. The van der Waals surface area contributed by atoms with Gasteiger partial charge in [-0.2, -0.15) is 4.98 Å². The van der Waals surface area contributed by atoms with Gasteiger partial charge >= 0.3 is 0 Å². The number of aromatic nitrogens is 3. The van der Waals surface area contributed by atoms with Crippen molar-refractivity contribution >= 4 is 40.5 Å². The number of piperidine rings is 2. The van der Waals surface area contributed by atoms with E-state index in [0.29, 0.717) is 47.9 Å². The maximum absolute atomic E-state index is 13.1. The summed E-state index contributed by atoms with van der Waals surface area (Å²) < 4.78 is 1.77. The lowest BCUT2D eigenvalue weighted by Crippen LogP contribution is -2.58. The minimum atomic E-state index is -0.871. The first-order valence-corrected chi connectivity index (χ1v) is 14.7. The fraction of sp³-hybridized carbons (Fsp3) is 0.387. The number of amides is 1. The zero-order valence-corrected chi connectivity index (χ0v) is 23.6. The van der Waals surface area contributed by atoms with E-state index in [1.54, 1.807) is 4.52 Å². The second-order valence-electron chi connectivity index (χ2n) is 11.7. The highest BCUT2D eigenvalue weighted by Crippen LogP contribution is 2.37. The fourth-order valence-electron chi connectivity index (χ4n) is 6.38. The summed E-state index contributed by atoms with van der Waals surface area (Å²) in [5.74, 6) is 0.584. The van der Waals surface area contributed by atoms with Crippen LogP contribution in [-0.4, -0.2) is 69.8 Å². The van der Waals surface area contributed by atoms with Gasteiger partial charge in [-0.05, 0) is 85.2 Å². The number of benzene rings is 2. The van der Waals surface area contributed by atoms with E-state index in [1.165, 1.54) is 0 Å². The van der Waals surface area contributed by atoms with Crippen molar-refractivity contribution in [2.24, 2.45) is 5.41 Å². The number of nitrogens with zero attached hydrogens (tertiary/aromatic N) is 5. The van der Waals surface area contributed by atoms with Gasteiger partial charge in [-0.25, -0.2) is 4.52 Å². The van der Waals surface area contributed by atoms with Crippen LogP contribution in [0.1, 0.15) is 41.6 Å². The number of hydrogen-bond donors (Lipinski definition) is 3. The molecule has 212 valence electrons. The predicted molar refractivity (Wildman–Crippen MR) is 160 cm³/mol. The lowest BCUT2D eigenvalue weighted by molar-refractivity contribution is 0.0118. The molecule has 9 nitrogen and oxygen atoms in total. The maximum atomic E-state index is 13.1. The van der Waals surface area contributed by atoms with Gasteiger partial charge in [0.05, 0.1) is 11.3 Å². The van der Waals surface area contributed by atoms with Crippen LogP contribution in [0.3, 0.4) is 0 Å². The third-order valence-electron chi connectivity index (χ3n) is 9.15. The number of carbonyl (C=O) groups excluding carboxylic acids is 1. The predicted octanol–water partition coefficient (Wildman–Crippen LogP) is 4.44. The molecule has 1 amide bonds. The van der Waals surface area contributed by atoms with E-state index in [9.17, 15) is 9.90 Å². The zero-order chi connectivity index (χ0) is 28.0. The van der Waals surface area contributed by atoms with Crippen molar-refractivity contribution in [2.45, 2.75) is 31.3 Å². The quantitative estimate of drug-likeness (QED) is 0.326. The number of pyridine rings is 1. The monoisotopic (exact) mass is 571 g/mol. The standard InChI is InChI=1S/C31H34ClN7O2/c32-24-7-5-23(6-8-24)31(41)13-18-37(19-14-31)26-2-1-15-39-27(26)35-29(36-39)34-25-9-3-22(4-10-25)28(40)38-16-11-30(12-17-38)20-33-21-30/h1-10,15,33,41H,11-14,16-21H2,(H,34,36). The van der Waals surface area contributed by atoms with E-state index in [4.69, 9.17) is 16.6 Å². The van der Waals surface area contributed by atoms with Crippen LogP contribution < -0.4 is 15.5 Å². The van der Waals surface area contributed by atoms with Crippen molar-refractivity contribution in [1.82, 2.24) is 24.8 Å². The minimum absolute atomic E-state index is 0.0960. The molecule has 0 saturated carbocycles. The molecule has 5 heterocycles. The van der Waals surface area contributed by atoms with Crippen LogP contribution in [-0.2, 0) is 5.60 Å². The molecule has 0 bridgehead atoms. The van der Waals surface area contributed by atoms with Gasteiger partial charge in [-0.1, -0.05) is 23.7 Å². The molecule has 3 aliphatic heterocycles. The molecular weight excluding hydrogens is 538 g/mol. The Kier molecular flexibility index (Phi) is 6.60. The first-order valence-electron chi connectivity index (χ1n) is 14.4. The van der Waals surface area contributed by atoms with Crippen LogP contribution in [0.4, 0.5) is 17.3 Å². The first kappa shape index (κ1) is 26.3. The first-order chi connectivity index (χ1) is 19.9. The van der Waals surface area contributed by atoms with E-state index < -0.39 is 5.60 Å². The highest BCUT2D eigenvalue weighted by atomic mass is 35.5. The highest BCUT2D eigenvalue weighted by molar-refractivity contribution is 6.30. The molecule has 2 aromatic heterocycles. The molecule has 0 radical (unpaired) electrons. The van der Waals surface area contributed by atoms with Gasteiger partial charge in [0.15, 0.2) is 5.65 Å². The SMILES string of the molecule is O=C(c1ccc(Nc2nc3c(N4CCC(O)(c5ccc(Cl)cc5)CC4)cccn3n2)cc1)N1CCC2(CC1)CNC2. The number of fused-ring (bicyclic) bond motifs is 1. The van der Waals surface area contributed by atoms with Crippen molar-refractivity contribution in [3.8, 4) is 0 Å². The van der Waals surface area contributed by atoms with Gasteiger partial charge in [-0.3, -0.25) is 4.79 Å². The lowest BCUT2D eigenvalue weighted by Gasteiger charge is -2.48. The maximum Gasteiger partial charge on any atom is 0.253 e. The molecule has 0 atom stereocenters. The molecule has 1 spiro atoms.